The van der Waals surface area contributed by atoms with Crippen LogP contribution in [0, 0.1) is 0 Å². The highest BCUT2D eigenvalue weighted by atomic mass is 16.5. The largest absolute Gasteiger partial charge is 0.508 e. The maximum Gasteiger partial charge on any atom is 0.341 e. The molecule has 0 spiro atoms. The molecule has 5 nitrogen and oxygen atoms in total. The van der Waals surface area contributed by atoms with Gasteiger partial charge in [0.1, 0.15) is 17.1 Å². The van der Waals surface area contributed by atoms with Gasteiger partial charge in [0.2, 0.25) is 0 Å². The number of rotatable bonds is 4. The number of phenolic OH excluding ortho intramolecular Hbond substituents is 1. The van der Waals surface area contributed by atoms with Crippen LogP contribution in [0.25, 0.3) is 6.08 Å². The molecule has 0 aromatic heterocycles. The first-order valence-corrected chi connectivity index (χ1v) is 4.74. The minimum absolute atomic E-state index is 0.0321. The SMILES string of the molecule is COC(=O)/C(C=O)=C/c1ccc(O)cc1OC. The number of aromatic hydroxyl groups is 1. The van der Waals surface area contributed by atoms with Gasteiger partial charge in [-0.3, -0.25) is 4.79 Å². The van der Waals surface area contributed by atoms with E-state index in [2.05, 4.69) is 4.74 Å². The Morgan fingerprint density at radius 1 is 1.35 bits per heavy atom. The lowest BCUT2D eigenvalue weighted by atomic mass is 10.1. The molecule has 90 valence electrons. The van der Waals surface area contributed by atoms with Gasteiger partial charge in [-0.05, 0) is 18.2 Å². The van der Waals surface area contributed by atoms with Crippen molar-refractivity contribution in [2.24, 2.45) is 0 Å². The molecule has 1 rings (SSSR count). The molecule has 1 aromatic carbocycles. The van der Waals surface area contributed by atoms with Crippen LogP contribution in [0.2, 0.25) is 0 Å². The number of esters is 1. The van der Waals surface area contributed by atoms with Crippen LogP contribution >= 0.6 is 0 Å². The Morgan fingerprint density at radius 3 is 2.59 bits per heavy atom. The minimum Gasteiger partial charge on any atom is -0.508 e. The topological polar surface area (TPSA) is 72.8 Å². The number of methoxy groups -OCH3 is 2. The number of hydrogen-bond acceptors (Lipinski definition) is 5. The summed E-state index contributed by atoms with van der Waals surface area (Å²) in [5, 5.41) is 9.25. The van der Waals surface area contributed by atoms with E-state index in [4.69, 9.17) is 4.74 Å². The Hall–Kier alpha value is -2.30. The second kappa shape index (κ2) is 5.69. The summed E-state index contributed by atoms with van der Waals surface area (Å²) in [5.74, 6) is -0.340. The molecule has 0 unspecified atom stereocenters. The summed E-state index contributed by atoms with van der Waals surface area (Å²) >= 11 is 0. The van der Waals surface area contributed by atoms with E-state index in [-0.39, 0.29) is 11.3 Å². The highest BCUT2D eigenvalue weighted by Gasteiger charge is 2.10. The van der Waals surface area contributed by atoms with E-state index in [0.717, 1.165) is 0 Å². The second-order valence-corrected chi connectivity index (χ2v) is 3.14. The normalized spacial score (nSPS) is 10.8. The fourth-order valence-corrected chi connectivity index (χ4v) is 1.25. The maximum absolute atomic E-state index is 11.2. The van der Waals surface area contributed by atoms with Crippen molar-refractivity contribution in [3.8, 4) is 11.5 Å². The average molecular weight is 236 g/mol. The van der Waals surface area contributed by atoms with Crippen LogP contribution < -0.4 is 4.74 Å². The lowest BCUT2D eigenvalue weighted by Crippen LogP contribution is -2.05. The summed E-state index contributed by atoms with van der Waals surface area (Å²) < 4.78 is 9.46. The van der Waals surface area contributed by atoms with Gasteiger partial charge in [0, 0.05) is 11.6 Å². The van der Waals surface area contributed by atoms with E-state index in [9.17, 15) is 14.7 Å². The van der Waals surface area contributed by atoms with Gasteiger partial charge >= 0.3 is 5.97 Å². The third-order valence-corrected chi connectivity index (χ3v) is 2.08. The van der Waals surface area contributed by atoms with Gasteiger partial charge in [-0.25, -0.2) is 4.79 Å². The molecule has 0 bridgehead atoms. The smallest absolute Gasteiger partial charge is 0.341 e. The van der Waals surface area contributed by atoms with E-state index >= 15 is 0 Å². The molecule has 1 aromatic rings. The number of ether oxygens (including phenoxy) is 2. The van der Waals surface area contributed by atoms with Gasteiger partial charge < -0.3 is 14.6 Å². The number of aldehydes is 1. The summed E-state index contributed by atoms with van der Waals surface area (Å²) in [6.45, 7) is 0. The van der Waals surface area contributed by atoms with Crippen molar-refractivity contribution in [2.45, 2.75) is 0 Å². The van der Waals surface area contributed by atoms with Crippen molar-refractivity contribution in [1.29, 1.82) is 0 Å². The molecule has 0 aliphatic rings. The summed E-state index contributed by atoms with van der Waals surface area (Å²) in [5.41, 5.74) is 0.370. The molecule has 0 atom stereocenters. The molecule has 5 heteroatoms. The Morgan fingerprint density at radius 2 is 2.06 bits per heavy atom. The quantitative estimate of drug-likeness (QED) is 0.279. The molecule has 0 aliphatic heterocycles. The molecule has 0 radical (unpaired) electrons. The average Bonchev–Trinajstić information content (AvgIpc) is 2.36. The van der Waals surface area contributed by atoms with Crippen LogP contribution in [-0.4, -0.2) is 31.6 Å². The molecule has 0 saturated heterocycles. The van der Waals surface area contributed by atoms with Gasteiger partial charge in [-0.2, -0.15) is 0 Å². The third-order valence-electron chi connectivity index (χ3n) is 2.08. The minimum atomic E-state index is -0.727. The number of carbonyl (C=O) groups excluding carboxylic acids is 2. The lowest BCUT2D eigenvalue weighted by molar-refractivity contribution is -0.136. The summed E-state index contributed by atoms with van der Waals surface area (Å²) in [7, 11) is 2.61. The van der Waals surface area contributed by atoms with Crippen molar-refractivity contribution < 1.29 is 24.2 Å². The number of benzene rings is 1. The first-order valence-electron chi connectivity index (χ1n) is 4.74. The third kappa shape index (κ3) is 3.07. The predicted octanol–water partition coefficient (Wildman–Crippen LogP) is 1.16. The van der Waals surface area contributed by atoms with E-state index in [1.165, 1.54) is 38.5 Å². The molecule has 0 fully saturated rings. The summed E-state index contributed by atoms with van der Waals surface area (Å²) in [6.07, 6.45) is 1.73. The highest BCUT2D eigenvalue weighted by Crippen LogP contribution is 2.25. The Kier molecular flexibility index (Phi) is 4.28. The van der Waals surface area contributed by atoms with Gasteiger partial charge in [-0.15, -0.1) is 0 Å². The van der Waals surface area contributed by atoms with Crippen LogP contribution in [0.5, 0.6) is 11.5 Å². The van der Waals surface area contributed by atoms with E-state index < -0.39 is 5.97 Å². The second-order valence-electron chi connectivity index (χ2n) is 3.14. The van der Waals surface area contributed by atoms with E-state index in [0.29, 0.717) is 17.6 Å². The van der Waals surface area contributed by atoms with Crippen LogP contribution in [0.1, 0.15) is 5.56 Å². The van der Waals surface area contributed by atoms with E-state index in [1.54, 1.807) is 0 Å². The zero-order chi connectivity index (χ0) is 12.8. The molecule has 0 saturated carbocycles. The Bertz CT molecular complexity index is 462. The monoisotopic (exact) mass is 236 g/mol. The van der Waals surface area contributed by atoms with Gasteiger partial charge in [0.25, 0.3) is 0 Å². The fraction of sp³-hybridized carbons (Fsp3) is 0.167. The molecule has 17 heavy (non-hydrogen) atoms. The number of phenols is 1. The Balaban J connectivity index is 3.19. The standard InChI is InChI=1S/C12H12O5/c1-16-11-6-10(14)4-3-8(11)5-9(7-13)12(15)17-2/h3-7,14H,1-2H3/b9-5+. The van der Waals surface area contributed by atoms with Crippen molar-refractivity contribution in [3.63, 3.8) is 0 Å². The number of hydrogen-bond donors (Lipinski definition) is 1. The highest BCUT2D eigenvalue weighted by molar-refractivity contribution is 6.11. The molecule has 0 aliphatic carbocycles. The molecular formula is C12H12O5. The van der Waals surface area contributed by atoms with Gasteiger partial charge in [0.15, 0.2) is 6.29 Å². The van der Waals surface area contributed by atoms with Crippen molar-refractivity contribution in [3.05, 3.63) is 29.3 Å². The summed E-state index contributed by atoms with van der Waals surface area (Å²) in [6, 6.07) is 4.33. The Labute approximate surface area is 98.3 Å². The predicted molar refractivity (Wildman–Crippen MR) is 60.7 cm³/mol. The lowest BCUT2D eigenvalue weighted by Gasteiger charge is -2.05. The fourth-order valence-electron chi connectivity index (χ4n) is 1.25. The molecular weight excluding hydrogens is 224 g/mol. The van der Waals surface area contributed by atoms with Crippen LogP contribution in [-0.2, 0) is 14.3 Å². The van der Waals surface area contributed by atoms with Crippen LogP contribution in [0.15, 0.2) is 23.8 Å². The molecule has 0 amide bonds. The van der Waals surface area contributed by atoms with Gasteiger partial charge in [0.05, 0.1) is 14.2 Å². The summed E-state index contributed by atoms with van der Waals surface area (Å²) in [4.78, 5) is 21.9. The number of carbonyl (C=O) groups is 2. The maximum atomic E-state index is 11.2. The first kappa shape index (κ1) is 12.8. The van der Waals surface area contributed by atoms with Crippen molar-refractivity contribution in [2.75, 3.05) is 14.2 Å². The zero-order valence-electron chi connectivity index (χ0n) is 9.47. The van der Waals surface area contributed by atoms with E-state index in [1.807, 2.05) is 0 Å². The van der Waals surface area contributed by atoms with Crippen LogP contribution in [0.4, 0.5) is 0 Å². The zero-order valence-corrected chi connectivity index (χ0v) is 9.47. The van der Waals surface area contributed by atoms with Gasteiger partial charge in [-0.1, -0.05) is 0 Å². The molecule has 1 N–H and O–H groups in total. The van der Waals surface area contributed by atoms with Crippen molar-refractivity contribution in [1.82, 2.24) is 0 Å². The first-order chi connectivity index (χ1) is 8.12. The molecule has 0 heterocycles. The van der Waals surface area contributed by atoms with Crippen LogP contribution in [0.3, 0.4) is 0 Å². The van der Waals surface area contributed by atoms with Crippen molar-refractivity contribution >= 4 is 18.3 Å².